The molecule has 0 spiro atoms. The molecule has 0 atom stereocenters. The minimum absolute atomic E-state index is 0.0445. The van der Waals surface area contributed by atoms with Gasteiger partial charge in [0.15, 0.2) is 0 Å². The van der Waals surface area contributed by atoms with Crippen LogP contribution in [-0.2, 0) is 10.8 Å². The third-order valence-electron chi connectivity index (χ3n) is 12.0. The molecule has 0 heterocycles. The van der Waals surface area contributed by atoms with Crippen LogP contribution in [0.5, 0.6) is 0 Å². The summed E-state index contributed by atoms with van der Waals surface area (Å²) < 4.78 is 0. The first-order valence-corrected chi connectivity index (χ1v) is 18.1. The van der Waals surface area contributed by atoms with E-state index in [2.05, 4.69) is 142 Å². The summed E-state index contributed by atoms with van der Waals surface area (Å²) in [6.07, 6.45) is 4.12. The van der Waals surface area contributed by atoms with E-state index >= 15 is 0 Å². The van der Waals surface area contributed by atoms with Crippen molar-refractivity contribution in [1.29, 1.82) is 0 Å². The van der Waals surface area contributed by atoms with Gasteiger partial charge in [-0.1, -0.05) is 119 Å². The molecule has 2 aliphatic carbocycles. The number of rotatable bonds is 9. The van der Waals surface area contributed by atoms with Crippen LogP contribution < -0.4 is 4.90 Å². The van der Waals surface area contributed by atoms with Gasteiger partial charge in [-0.3, -0.25) is 0 Å². The normalized spacial score (nSPS) is 14.4. The number of carboxylic acid groups (broad SMARTS) is 1. The maximum atomic E-state index is 12.1. The Bertz CT molecular complexity index is 2140. The molecule has 0 saturated carbocycles. The maximum absolute atomic E-state index is 12.1. The van der Waals surface area contributed by atoms with Crippen molar-refractivity contribution >= 4 is 23.0 Å². The van der Waals surface area contributed by atoms with Gasteiger partial charge in [0.05, 0.1) is 5.56 Å². The number of anilines is 3. The molecule has 0 amide bonds. The van der Waals surface area contributed by atoms with Crippen LogP contribution >= 0.6 is 0 Å². The average Bonchev–Trinajstić information content (AvgIpc) is 3.62. The Kier molecular flexibility index (Phi) is 7.75. The van der Waals surface area contributed by atoms with Crippen molar-refractivity contribution < 1.29 is 9.90 Å². The quantitative estimate of drug-likeness (QED) is 0.169. The Morgan fingerprint density at radius 1 is 0.480 bits per heavy atom. The molecule has 0 aliphatic heterocycles. The highest BCUT2D eigenvalue weighted by Crippen LogP contribution is 2.56. The fourth-order valence-corrected chi connectivity index (χ4v) is 9.35. The van der Waals surface area contributed by atoms with Crippen molar-refractivity contribution in [2.24, 2.45) is 0 Å². The third-order valence-corrected chi connectivity index (χ3v) is 12.0. The van der Waals surface area contributed by atoms with Gasteiger partial charge >= 0.3 is 5.97 Å². The second-order valence-electron chi connectivity index (χ2n) is 13.9. The van der Waals surface area contributed by atoms with Crippen LogP contribution in [0.2, 0.25) is 0 Å². The number of hydrogen-bond acceptors (Lipinski definition) is 2. The predicted octanol–water partition coefficient (Wildman–Crippen LogP) is 12.7. The van der Waals surface area contributed by atoms with Gasteiger partial charge < -0.3 is 10.0 Å². The van der Waals surface area contributed by atoms with Gasteiger partial charge in [0.25, 0.3) is 0 Å². The van der Waals surface area contributed by atoms with Crippen molar-refractivity contribution in [2.45, 2.75) is 64.2 Å². The second kappa shape index (κ2) is 12.2. The molecule has 3 nitrogen and oxygen atoms in total. The van der Waals surface area contributed by atoms with E-state index in [1.165, 1.54) is 44.5 Å². The minimum Gasteiger partial charge on any atom is -0.478 e. The molecule has 50 heavy (non-hydrogen) atoms. The highest BCUT2D eigenvalue weighted by molar-refractivity contribution is 5.96. The molecule has 0 unspecified atom stereocenters. The number of hydrogen-bond donors (Lipinski definition) is 1. The van der Waals surface area contributed by atoms with Gasteiger partial charge in [-0.15, -0.1) is 0 Å². The monoisotopic (exact) mass is 653 g/mol. The number of fused-ring (bicyclic) bond motifs is 6. The van der Waals surface area contributed by atoms with Gasteiger partial charge in [-0.05, 0) is 124 Å². The van der Waals surface area contributed by atoms with Crippen LogP contribution in [0.25, 0.3) is 33.4 Å². The van der Waals surface area contributed by atoms with Crippen LogP contribution in [0.4, 0.5) is 17.1 Å². The van der Waals surface area contributed by atoms with Crippen LogP contribution in [0.15, 0.2) is 133 Å². The number of aromatic carboxylic acids is 1. The van der Waals surface area contributed by atoms with Crippen LogP contribution in [0, 0.1) is 0 Å². The lowest BCUT2D eigenvalue weighted by Crippen LogP contribution is -2.24. The molecule has 3 heteroatoms. The summed E-state index contributed by atoms with van der Waals surface area (Å²) in [5.74, 6) is -0.921. The maximum Gasteiger partial charge on any atom is 0.336 e. The third kappa shape index (κ3) is 4.53. The van der Waals surface area contributed by atoms with Gasteiger partial charge in [0, 0.05) is 27.9 Å². The predicted molar refractivity (Wildman–Crippen MR) is 207 cm³/mol. The van der Waals surface area contributed by atoms with E-state index < -0.39 is 5.97 Å². The van der Waals surface area contributed by atoms with Crippen molar-refractivity contribution in [1.82, 2.24) is 0 Å². The van der Waals surface area contributed by atoms with Crippen LogP contribution in [0.3, 0.4) is 0 Å². The largest absolute Gasteiger partial charge is 0.478 e. The molecule has 0 fully saturated rings. The van der Waals surface area contributed by atoms with Crippen LogP contribution in [-0.4, -0.2) is 11.1 Å². The average molecular weight is 654 g/mol. The number of carbonyl (C=O) groups is 1. The summed E-state index contributed by atoms with van der Waals surface area (Å²) >= 11 is 0. The van der Waals surface area contributed by atoms with Crippen molar-refractivity contribution in [3.05, 3.63) is 161 Å². The topological polar surface area (TPSA) is 40.5 Å². The van der Waals surface area contributed by atoms with E-state index in [9.17, 15) is 9.90 Å². The molecular weight excluding hydrogens is 611 g/mol. The zero-order chi connectivity index (χ0) is 34.6. The van der Waals surface area contributed by atoms with Gasteiger partial charge in [-0.25, -0.2) is 4.79 Å². The second-order valence-corrected chi connectivity index (χ2v) is 13.9. The minimum atomic E-state index is -0.921. The van der Waals surface area contributed by atoms with E-state index in [0.29, 0.717) is 5.56 Å². The molecule has 0 aromatic heterocycles. The Morgan fingerprint density at radius 2 is 0.880 bits per heavy atom. The molecule has 0 bridgehead atoms. The van der Waals surface area contributed by atoms with Crippen molar-refractivity contribution in [3.63, 3.8) is 0 Å². The summed E-state index contributed by atoms with van der Waals surface area (Å²) in [6, 6.07) is 47.6. The standard InChI is InChI=1S/C47H43NO2/c1-5-46(6-2)41-19-13-11-16-36(41)38-27-25-33(29-43(38)46)48(32-23-21-31(22-24-32)35-15-9-10-18-40(35)45(49)50)34-26-28-39-37-17-12-14-20-42(37)47(7-3,8-4)44(39)30-34/h9-30H,5-8H2,1-4H3,(H,49,50). The van der Waals surface area contributed by atoms with Crippen molar-refractivity contribution in [3.8, 4) is 33.4 Å². The molecular formula is C47H43NO2. The Morgan fingerprint density at radius 3 is 1.34 bits per heavy atom. The highest BCUT2D eigenvalue weighted by Gasteiger charge is 2.42. The summed E-state index contributed by atoms with van der Waals surface area (Å²) in [5.41, 5.74) is 16.1. The molecule has 6 aromatic carbocycles. The number of benzene rings is 6. The lowest BCUT2D eigenvalue weighted by molar-refractivity contribution is 0.0697. The van der Waals surface area contributed by atoms with E-state index in [4.69, 9.17) is 0 Å². The summed E-state index contributed by atoms with van der Waals surface area (Å²) in [6.45, 7) is 9.28. The number of carboxylic acids is 1. The molecule has 248 valence electrons. The first kappa shape index (κ1) is 31.8. The Hall–Kier alpha value is -5.41. The van der Waals surface area contributed by atoms with Gasteiger partial charge in [-0.2, -0.15) is 0 Å². The summed E-state index contributed by atoms with van der Waals surface area (Å²) in [5, 5.41) is 9.91. The fraction of sp³-hybridized carbons (Fsp3) is 0.213. The van der Waals surface area contributed by atoms with Gasteiger partial charge in [0.2, 0.25) is 0 Å². The van der Waals surface area contributed by atoms with Crippen LogP contribution in [0.1, 0.15) is 86.0 Å². The fourth-order valence-electron chi connectivity index (χ4n) is 9.35. The van der Waals surface area contributed by atoms with Crippen molar-refractivity contribution in [2.75, 3.05) is 4.90 Å². The molecule has 0 saturated heterocycles. The summed E-state index contributed by atoms with van der Waals surface area (Å²) in [7, 11) is 0. The molecule has 0 radical (unpaired) electrons. The smallest absolute Gasteiger partial charge is 0.336 e. The highest BCUT2D eigenvalue weighted by atomic mass is 16.4. The Balaban J connectivity index is 1.33. The number of nitrogens with zero attached hydrogens (tertiary/aromatic N) is 1. The van der Waals surface area contributed by atoms with E-state index in [-0.39, 0.29) is 10.8 Å². The SMILES string of the molecule is CCC1(CC)c2ccccc2-c2ccc(N(c3ccc(-c4ccccc4C(=O)O)cc3)c3ccc4c(c3)C(CC)(CC)c3ccccc3-4)cc21. The molecule has 6 aromatic rings. The first-order valence-electron chi connectivity index (χ1n) is 18.1. The molecule has 2 aliphatic rings. The zero-order valence-corrected chi connectivity index (χ0v) is 29.3. The first-order chi connectivity index (χ1) is 24.4. The zero-order valence-electron chi connectivity index (χ0n) is 29.3. The molecule has 8 rings (SSSR count). The lowest BCUT2D eigenvalue weighted by atomic mass is 9.73. The Labute approximate surface area is 295 Å². The van der Waals surface area contributed by atoms with Gasteiger partial charge in [0.1, 0.15) is 0 Å². The molecule has 1 N–H and O–H groups in total. The van der Waals surface area contributed by atoms with E-state index in [0.717, 1.165) is 53.9 Å². The lowest BCUT2D eigenvalue weighted by Gasteiger charge is -2.33. The van der Waals surface area contributed by atoms with E-state index in [1.54, 1.807) is 12.1 Å². The van der Waals surface area contributed by atoms with E-state index in [1.807, 2.05) is 12.1 Å². The summed E-state index contributed by atoms with van der Waals surface area (Å²) in [4.78, 5) is 14.5.